The van der Waals surface area contributed by atoms with Crippen LogP contribution >= 0.6 is 0 Å². The Hall–Kier alpha value is -1.68. The molecule has 4 fully saturated rings. The SMILES string of the molecule is NCC1O[C@H](OC2[C@@H](CO)O[C@@H](OC3C(O[C@H]4OC(CN)[C@@H](N=O)[C@H](O)C4N)C(N)CC(N=NN)[C@H]3O)[C@H]2O)C(N)C(O)C1O. The summed E-state index contributed by atoms with van der Waals surface area (Å²) < 4.78 is 34.8. The van der Waals surface area contributed by atoms with E-state index in [1.807, 2.05) is 0 Å². The van der Waals surface area contributed by atoms with Crippen molar-refractivity contribution in [2.24, 2.45) is 50.0 Å². The van der Waals surface area contributed by atoms with Crippen molar-refractivity contribution in [2.45, 2.75) is 123 Å². The third kappa shape index (κ3) is 7.26. The molecule has 0 amide bonds. The molecular weight excluding hydrogens is 610 g/mol. The third-order valence-corrected chi connectivity index (χ3v) is 8.63. The fraction of sp³-hybridized carbons (Fsp3) is 1.00. The lowest BCUT2D eigenvalue weighted by Crippen LogP contribution is -2.67. The molecule has 1 saturated carbocycles. The van der Waals surface area contributed by atoms with Gasteiger partial charge in [0, 0.05) is 19.1 Å². The van der Waals surface area contributed by atoms with Crippen LogP contribution in [-0.2, 0) is 28.4 Å². The van der Waals surface area contributed by atoms with Crippen molar-refractivity contribution >= 4 is 0 Å². The molecule has 45 heavy (non-hydrogen) atoms. The molecule has 0 radical (unpaired) electrons. The van der Waals surface area contributed by atoms with E-state index in [1.54, 1.807) is 0 Å². The second kappa shape index (κ2) is 15.5. The highest BCUT2D eigenvalue weighted by Crippen LogP contribution is 2.35. The van der Waals surface area contributed by atoms with Crippen LogP contribution < -0.4 is 34.5 Å². The maximum Gasteiger partial charge on any atom is 0.187 e. The van der Waals surface area contributed by atoms with Crippen molar-refractivity contribution in [1.82, 2.24) is 0 Å². The molecule has 0 aromatic heterocycles. The third-order valence-electron chi connectivity index (χ3n) is 8.63. The van der Waals surface area contributed by atoms with Crippen molar-refractivity contribution < 1.29 is 59.1 Å². The van der Waals surface area contributed by atoms with Gasteiger partial charge in [-0.15, -0.1) is 0 Å². The second-order valence-corrected chi connectivity index (χ2v) is 11.5. The zero-order valence-corrected chi connectivity index (χ0v) is 24.1. The number of hydrogen-bond acceptors (Lipinski definition) is 21. The molecule has 260 valence electrons. The van der Waals surface area contributed by atoms with E-state index in [4.69, 9.17) is 62.9 Å². The van der Waals surface area contributed by atoms with E-state index in [0.29, 0.717) is 0 Å². The fourth-order valence-electron chi connectivity index (χ4n) is 6.01. The number of ether oxygens (including phenoxy) is 6. The molecule has 3 saturated heterocycles. The Bertz CT molecular complexity index is 991. The first kappa shape index (κ1) is 36.2. The summed E-state index contributed by atoms with van der Waals surface area (Å²) >= 11 is 0. The highest BCUT2D eigenvalue weighted by atomic mass is 16.8. The maximum atomic E-state index is 11.3. The predicted octanol–water partition coefficient (Wildman–Crippen LogP) is -7.75. The molecule has 4 aliphatic rings. The Morgan fingerprint density at radius 3 is 1.82 bits per heavy atom. The van der Waals surface area contributed by atoms with E-state index < -0.39 is 123 Å². The van der Waals surface area contributed by atoms with Crippen molar-refractivity contribution in [3.8, 4) is 0 Å². The van der Waals surface area contributed by atoms with Crippen molar-refractivity contribution in [2.75, 3.05) is 19.7 Å². The lowest BCUT2D eigenvalue weighted by molar-refractivity contribution is -0.296. The van der Waals surface area contributed by atoms with E-state index in [9.17, 15) is 35.5 Å². The molecule has 22 heteroatoms. The Labute approximate surface area is 256 Å². The average molecular weight is 656 g/mol. The highest BCUT2D eigenvalue weighted by molar-refractivity contribution is 5.03. The quantitative estimate of drug-likeness (QED) is 0.0425. The van der Waals surface area contributed by atoms with Crippen LogP contribution in [0.1, 0.15) is 6.42 Å². The molecule has 4 rings (SSSR count). The first-order chi connectivity index (χ1) is 21.4. The molecule has 11 unspecified atom stereocenters. The van der Waals surface area contributed by atoms with Gasteiger partial charge in [-0.1, -0.05) is 10.4 Å². The van der Waals surface area contributed by atoms with Gasteiger partial charge in [0.1, 0.15) is 79.2 Å². The van der Waals surface area contributed by atoms with Gasteiger partial charge in [0.25, 0.3) is 0 Å². The second-order valence-electron chi connectivity index (χ2n) is 11.5. The summed E-state index contributed by atoms with van der Waals surface area (Å²) in [5.74, 6) is 5.22. The number of aliphatic hydroxyl groups is 6. The molecule has 18 N–H and O–H groups in total. The lowest BCUT2D eigenvalue weighted by atomic mass is 9.84. The summed E-state index contributed by atoms with van der Waals surface area (Å²) in [7, 11) is 0. The van der Waals surface area contributed by atoms with Crippen LogP contribution in [0.25, 0.3) is 0 Å². The Morgan fingerprint density at radius 1 is 0.689 bits per heavy atom. The van der Waals surface area contributed by atoms with E-state index in [0.717, 1.165) is 0 Å². The minimum Gasteiger partial charge on any atom is -0.394 e. The van der Waals surface area contributed by atoms with Gasteiger partial charge in [0.15, 0.2) is 18.9 Å². The van der Waals surface area contributed by atoms with Crippen molar-refractivity contribution in [1.29, 1.82) is 0 Å². The number of aliphatic hydroxyl groups excluding tert-OH is 6. The van der Waals surface area contributed by atoms with E-state index in [2.05, 4.69) is 15.5 Å². The fourth-order valence-corrected chi connectivity index (χ4v) is 6.01. The van der Waals surface area contributed by atoms with Crippen LogP contribution in [0, 0.1) is 4.91 Å². The molecule has 0 spiro atoms. The number of nitroso groups, excluding NO2 is 1. The van der Waals surface area contributed by atoms with Gasteiger partial charge in [-0.3, -0.25) is 0 Å². The van der Waals surface area contributed by atoms with Crippen LogP contribution in [0.5, 0.6) is 0 Å². The molecule has 19 atom stereocenters. The summed E-state index contributed by atoms with van der Waals surface area (Å²) in [4.78, 5) is 11.3. The minimum absolute atomic E-state index is 0.0117. The molecule has 3 aliphatic heterocycles. The smallest absolute Gasteiger partial charge is 0.187 e. The summed E-state index contributed by atoms with van der Waals surface area (Å²) in [6.45, 7) is -1.07. The average Bonchev–Trinajstić information content (AvgIpc) is 3.32. The first-order valence-corrected chi connectivity index (χ1v) is 14.5. The molecule has 0 aromatic rings. The van der Waals surface area contributed by atoms with Gasteiger partial charge in [-0.2, -0.15) is 10.0 Å². The predicted molar refractivity (Wildman–Crippen MR) is 147 cm³/mol. The molecule has 22 nitrogen and oxygen atoms in total. The van der Waals surface area contributed by atoms with Gasteiger partial charge >= 0.3 is 0 Å². The normalized spacial score (nSPS) is 51.0. The van der Waals surface area contributed by atoms with Crippen LogP contribution in [-0.4, -0.2) is 167 Å². The van der Waals surface area contributed by atoms with Crippen molar-refractivity contribution in [3.05, 3.63) is 4.91 Å². The van der Waals surface area contributed by atoms with Crippen LogP contribution in [0.2, 0.25) is 0 Å². The Morgan fingerprint density at radius 2 is 1.24 bits per heavy atom. The standard InChI is InChI=1S/C23H45N9O13/c24-2-7-12(31-39)15(36)10(27)21(40-7)43-18-5(26)1-6(30-32-29)13(34)20(18)45-23-17(38)19(9(4-33)42-23)44-22-11(28)16(37)14(35)8(3-25)41-22/h5-23,33-38H,1-4,24-28H2,(H2,29,30)/t5?,6?,7?,8?,9-,10?,11?,12-,13-,14?,15-,16?,17+,18?,19?,20?,21-,22-,23+/m1/s1. The summed E-state index contributed by atoms with van der Waals surface area (Å²) in [6.07, 6.45) is -19.3. The molecule has 0 bridgehead atoms. The summed E-state index contributed by atoms with van der Waals surface area (Å²) in [5, 5.41) is 73.4. The minimum atomic E-state index is -1.66. The number of rotatable bonds is 11. The van der Waals surface area contributed by atoms with Crippen LogP contribution in [0.15, 0.2) is 15.5 Å². The zero-order chi connectivity index (χ0) is 33.2. The van der Waals surface area contributed by atoms with Gasteiger partial charge in [-0.25, -0.2) is 0 Å². The van der Waals surface area contributed by atoms with Crippen LogP contribution in [0.4, 0.5) is 0 Å². The van der Waals surface area contributed by atoms with Gasteiger partial charge < -0.3 is 93.6 Å². The molecule has 1 aliphatic carbocycles. The molecule has 0 aromatic carbocycles. The number of hydrogen-bond donors (Lipinski definition) is 12. The number of nitrogens with zero attached hydrogens (tertiary/aromatic N) is 3. The maximum absolute atomic E-state index is 11.3. The lowest BCUT2D eigenvalue weighted by Gasteiger charge is -2.46. The first-order valence-electron chi connectivity index (χ1n) is 14.5. The zero-order valence-electron chi connectivity index (χ0n) is 24.1. The molecule has 3 heterocycles. The van der Waals surface area contributed by atoms with E-state index in [-0.39, 0.29) is 19.5 Å². The summed E-state index contributed by atoms with van der Waals surface area (Å²) in [5.41, 5.74) is 29.8. The molecular formula is C23H45N9O13. The Kier molecular flexibility index (Phi) is 12.4. The topological polar surface area (TPSA) is 387 Å². The highest BCUT2D eigenvalue weighted by Gasteiger charge is 2.55. The monoisotopic (exact) mass is 655 g/mol. The van der Waals surface area contributed by atoms with Gasteiger partial charge in [0.05, 0.1) is 18.7 Å². The van der Waals surface area contributed by atoms with Gasteiger partial charge in [-0.05, 0) is 6.42 Å². The van der Waals surface area contributed by atoms with Gasteiger partial charge in [0.2, 0.25) is 0 Å². The van der Waals surface area contributed by atoms with E-state index in [1.165, 1.54) is 0 Å². The number of nitrogens with two attached hydrogens (primary N) is 6. The van der Waals surface area contributed by atoms with Crippen LogP contribution in [0.3, 0.4) is 0 Å². The van der Waals surface area contributed by atoms with E-state index >= 15 is 0 Å². The summed E-state index contributed by atoms with van der Waals surface area (Å²) in [6, 6.07) is -5.77. The largest absolute Gasteiger partial charge is 0.394 e. The van der Waals surface area contributed by atoms with Crippen molar-refractivity contribution in [3.63, 3.8) is 0 Å². The Balaban J connectivity index is 1.54.